The average molecular weight is 389 g/mol. The molecule has 1 aliphatic carbocycles. The van der Waals surface area contributed by atoms with E-state index >= 15 is 0 Å². The Bertz CT molecular complexity index is 885. The van der Waals surface area contributed by atoms with Crippen molar-refractivity contribution < 1.29 is 14.3 Å². The van der Waals surface area contributed by atoms with Crippen LogP contribution in [0.2, 0.25) is 5.02 Å². The van der Waals surface area contributed by atoms with Crippen LogP contribution in [0.4, 0.5) is 5.00 Å². The number of aryl methyl sites for hydroxylation is 1. The SMILES string of the molecule is N#Cc1c(NC(=O)COC(=O)c2cccc(Cl)c2)sc2c1CCCCC2. The number of nitrogens with one attached hydrogen (secondary N) is 1. The molecule has 0 saturated carbocycles. The molecule has 1 aromatic heterocycles. The van der Waals surface area contributed by atoms with Crippen LogP contribution in [0.1, 0.15) is 45.6 Å². The summed E-state index contributed by atoms with van der Waals surface area (Å²) in [4.78, 5) is 25.3. The molecule has 0 atom stereocenters. The standard InChI is InChI=1S/C19H17ClN2O3S/c20-13-6-4-5-12(9-13)19(24)25-11-17(23)22-18-15(10-21)14-7-2-1-3-8-16(14)26-18/h4-6,9H,1-3,7-8,11H2,(H,22,23). The van der Waals surface area contributed by atoms with E-state index in [2.05, 4.69) is 11.4 Å². The molecule has 1 aliphatic rings. The van der Waals surface area contributed by atoms with Gasteiger partial charge >= 0.3 is 5.97 Å². The zero-order valence-corrected chi connectivity index (χ0v) is 15.6. The quantitative estimate of drug-likeness (QED) is 0.624. The molecule has 3 rings (SSSR count). The maximum absolute atomic E-state index is 12.1. The predicted octanol–water partition coefficient (Wildman–Crippen LogP) is 4.34. The number of fused-ring (bicyclic) bond motifs is 1. The highest BCUT2D eigenvalue weighted by Crippen LogP contribution is 2.36. The lowest BCUT2D eigenvalue weighted by Crippen LogP contribution is -2.20. The van der Waals surface area contributed by atoms with Gasteiger partial charge in [0.25, 0.3) is 5.91 Å². The summed E-state index contributed by atoms with van der Waals surface area (Å²) in [5, 5.41) is 13.1. The number of hydrogen-bond donors (Lipinski definition) is 1. The highest BCUT2D eigenvalue weighted by atomic mass is 35.5. The predicted molar refractivity (Wildman–Crippen MR) is 101 cm³/mol. The van der Waals surface area contributed by atoms with Crippen LogP contribution in [0.25, 0.3) is 0 Å². The van der Waals surface area contributed by atoms with Gasteiger partial charge in [-0.05, 0) is 49.4 Å². The molecule has 26 heavy (non-hydrogen) atoms. The number of amides is 1. The highest BCUT2D eigenvalue weighted by Gasteiger charge is 2.21. The fraction of sp³-hybridized carbons (Fsp3) is 0.316. The molecule has 0 spiro atoms. The lowest BCUT2D eigenvalue weighted by Gasteiger charge is -2.06. The molecule has 7 heteroatoms. The van der Waals surface area contributed by atoms with E-state index in [-0.39, 0.29) is 5.56 Å². The molecule has 134 valence electrons. The van der Waals surface area contributed by atoms with Gasteiger partial charge in [0.05, 0.1) is 11.1 Å². The second-order valence-electron chi connectivity index (χ2n) is 6.02. The molecular formula is C19H17ClN2O3S. The first-order chi connectivity index (χ1) is 12.6. The number of carbonyl (C=O) groups excluding carboxylic acids is 2. The monoisotopic (exact) mass is 388 g/mol. The van der Waals surface area contributed by atoms with Gasteiger partial charge in [0.15, 0.2) is 6.61 Å². The summed E-state index contributed by atoms with van der Waals surface area (Å²) in [6.45, 7) is -0.418. The largest absolute Gasteiger partial charge is 0.452 e. The molecule has 0 aliphatic heterocycles. The Balaban J connectivity index is 1.63. The zero-order chi connectivity index (χ0) is 18.5. The van der Waals surface area contributed by atoms with E-state index in [1.807, 2.05) is 0 Å². The van der Waals surface area contributed by atoms with Crippen LogP contribution in [0.15, 0.2) is 24.3 Å². The lowest BCUT2D eigenvalue weighted by atomic mass is 10.1. The van der Waals surface area contributed by atoms with E-state index in [1.54, 1.807) is 18.2 Å². The smallest absolute Gasteiger partial charge is 0.338 e. The summed E-state index contributed by atoms with van der Waals surface area (Å²) >= 11 is 7.29. The van der Waals surface area contributed by atoms with Crippen LogP contribution in [0.5, 0.6) is 0 Å². The number of nitrogens with zero attached hydrogens (tertiary/aromatic N) is 1. The van der Waals surface area contributed by atoms with Gasteiger partial charge in [0, 0.05) is 9.90 Å². The van der Waals surface area contributed by atoms with Crippen LogP contribution in [-0.4, -0.2) is 18.5 Å². The Hall–Kier alpha value is -2.36. The molecule has 0 bridgehead atoms. The maximum Gasteiger partial charge on any atom is 0.338 e. The second-order valence-corrected chi connectivity index (χ2v) is 7.56. The van der Waals surface area contributed by atoms with Crippen molar-refractivity contribution in [3.63, 3.8) is 0 Å². The van der Waals surface area contributed by atoms with Gasteiger partial charge < -0.3 is 10.1 Å². The molecule has 0 unspecified atom stereocenters. The molecule has 5 nitrogen and oxygen atoms in total. The number of hydrogen-bond acceptors (Lipinski definition) is 5. The normalized spacial score (nSPS) is 13.2. The van der Waals surface area contributed by atoms with Crippen LogP contribution in [0, 0.1) is 11.3 Å². The zero-order valence-electron chi connectivity index (χ0n) is 14.0. The molecule has 1 N–H and O–H groups in total. The molecule has 1 aromatic carbocycles. The summed E-state index contributed by atoms with van der Waals surface area (Å²) in [5.74, 6) is -1.08. The third kappa shape index (κ3) is 4.24. The van der Waals surface area contributed by atoms with Crippen LogP contribution in [-0.2, 0) is 22.4 Å². The molecular weight excluding hydrogens is 372 g/mol. The first-order valence-corrected chi connectivity index (χ1v) is 9.55. The van der Waals surface area contributed by atoms with Gasteiger partial charge in [-0.3, -0.25) is 4.79 Å². The molecule has 0 fully saturated rings. The van der Waals surface area contributed by atoms with E-state index in [9.17, 15) is 14.9 Å². The van der Waals surface area contributed by atoms with Crippen molar-refractivity contribution in [3.8, 4) is 6.07 Å². The number of carbonyl (C=O) groups is 2. The minimum absolute atomic E-state index is 0.283. The molecule has 2 aromatic rings. The fourth-order valence-electron chi connectivity index (χ4n) is 2.94. The minimum atomic E-state index is -0.620. The number of ether oxygens (including phenoxy) is 1. The summed E-state index contributed by atoms with van der Waals surface area (Å²) in [7, 11) is 0. The number of benzene rings is 1. The van der Waals surface area contributed by atoms with E-state index < -0.39 is 18.5 Å². The van der Waals surface area contributed by atoms with Crippen molar-refractivity contribution in [2.24, 2.45) is 0 Å². The van der Waals surface area contributed by atoms with Gasteiger partial charge in [-0.2, -0.15) is 5.26 Å². The number of rotatable bonds is 4. The van der Waals surface area contributed by atoms with Gasteiger partial charge in [0.2, 0.25) is 0 Å². The van der Waals surface area contributed by atoms with Crippen molar-refractivity contribution >= 4 is 39.8 Å². The second kappa shape index (κ2) is 8.35. The topological polar surface area (TPSA) is 79.2 Å². The summed E-state index contributed by atoms with van der Waals surface area (Å²) in [6.07, 6.45) is 5.13. The molecule has 0 saturated heterocycles. The Morgan fingerprint density at radius 3 is 2.85 bits per heavy atom. The summed E-state index contributed by atoms with van der Waals surface area (Å²) in [5.41, 5.74) is 1.88. The van der Waals surface area contributed by atoms with Gasteiger partial charge in [0.1, 0.15) is 11.1 Å². The Morgan fingerprint density at radius 2 is 2.08 bits per heavy atom. The third-order valence-corrected chi connectivity index (χ3v) is 5.62. The molecule has 1 heterocycles. The van der Waals surface area contributed by atoms with Gasteiger partial charge in [-0.1, -0.05) is 24.1 Å². The summed E-state index contributed by atoms with van der Waals surface area (Å²) < 4.78 is 5.02. The van der Waals surface area contributed by atoms with Crippen molar-refractivity contribution in [2.45, 2.75) is 32.1 Å². The average Bonchev–Trinajstić information content (AvgIpc) is 2.79. The first kappa shape index (κ1) is 18.4. The summed E-state index contributed by atoms with van der Waals surface area (Å²) in [6, 6.07) is 8.53. The number of nitriles is 1. The third-order valence-electron chi connectivity index (χ3n) is 4.18. The first-order valence-electron chi connectivity index (χ1n) is 8.35. The van der Waals surface area contributed by atoms with Crippen molar-refractivity contribution in [2.75, 3.05) is 11.9 Å². The van der Waals surface area contributed by atoms with E-state index in [0.717, 1.165) is 37.7 Å². The van der Waals surface area contributed by atoms with E-state index in [4.69, 9.17) is 16.3 Å². The maximum atomic E-state index is 12.1. The van der Waals surface area contributed by atoms with Crippen molar-refractivity contribution in [3.05, 3.63) is 50.9 Å². The van der Waals surface area contributed by atoms with E-state index in [0.29, 0.717) is 15.6 Å². The number of esters is 1. The van der Waals surface area contributed by atoms with Crippen molar-refractivity contribution in [1.82, 2.24) is 0 Å². The van der Waals surface area contributed by atoms with Crippen molar-refractivity contribution in [1.29, 1.82) is 5.26 Å². The van der Waals surface area contributed by atoms with Crippen LogP contribution < -0.4 is 5.32 Å². The van der Waals surface area contributed by atoms with Crippen LogP contribution >= 0.6 is 22.9 Å². The molecule has 0 radical (unpaired) electrons. The highest BCUT2D eigenvalue weighted by molar-refractivity contribution is 7.16. The lowest BCUT2D eigenvalue weighted by molar-refractivity contribution is -0.119. The number of anilines is 1. The van der Waals surface area contributed by atoms with Crippen LogP contribution in [0.3, 0.4) is 0 Å². The number of halogens is 1. The fourth-order valence-corrected chi connectivity index (χ4v) is 4.39. The molecule has 1 amide bonds. The minimum Gasteiger partial charge on any atom is -0.452 e. The van der Waals surface area contributed by atoms with Gasteiger partial charge in [-0.25, -0.2) is 4.79 Å². The Kier molecular flexibility index (Phi) is 5.92. The van der Waals surface area contributed by atoms with Gasteiger partial charge in [-0.15, -0.1) is 11.3 Å². The number of thiophene rings is 1. The Morgan fingerprint density at radius 1 is 1.27 bits per heavy atom. The Labute approximate surface area is 160 Å². The van der Waals surface area contributed by atoms with E-state index in [1.165, 1.54) is 22.3 Å².